The molecule has 7 nitrogen and oxygen atoms in total. The van der Waals surface area contributed by atoms with E-state index in [0.717, 1.165) is 33.7 Å². The third kappa shape index (κ3) is 7.61. The van der Waals surface area contributed by atoms with Crippen LogP contribution < -0.4 is 26.4 Å². The number of carbonyl (C=O) groups is 2. The maximum atomic E-state index is 13.3. The summed E-state index contributed by atoms with van der Waals surface area (Å²) in [5.74, 6) is -0.150. The van der Waals surface area contributed by atoms with Gasteiger partial charge >= 0.3 is 0 Å². The lowest BCUT2D eigenvalue weighted by atomic mass is 9.95. The fourth-order valence-corrected chi connectivity index (χ4v) is 4.30. The van der Waals surface area contributed by atoms with Gasteiger partial charge in [-0.3, -0.25) is 9.59 Å². The fraction of sp³-hybridized carbons (Fsp3) is 0.188. The first kappa shape index (κ1) is 27.3. The van der Waals surface area contributed by atoms with Crippen molar-refractivity contribution in [3.63, 3.8) is 0 Å². The van der Waals surface area contributed by atoms with E-state index >= 15 is 0 Å². The van der Waals surface area contributed by atoms with Crippen LogP contribution in [0, 0.1) is 6.92 Å². The summed E-state index contributed by atoms with van der Waals surface area (Å²) < 4.78 is 5.19. The Kier molecular flexibility index (Phi) is 9.19. The number of aryl methyl sites for hydroxylation is 1. The molecule has 0 aliphatic rings. The molecular formula is C32H34N4O3. The molecule has 200 valence electrons. The van der Waals surface area contributed by atoms with Crippen LogP contribution in [0.5, 0.6) is 5.75 Å². The molecule has 2 amide bonds. The molecule has 0 aromatic heterocycles. The second kappa shape index (κ2) is 13.1. The van der Waals surface area contributed by atoms with Crippen LogP contribution in [0.25, 0.3) is 11.1 Å². The summed E-state index contributed by atoms with van der Waals surface area (Å²) in [5, 5.41) is 9.24. The number of hydrogen-bond acceptors (Lipinski definition) is 5. The van der Waals surface area contributed by atoms with Gasteiger partial charge in [-0.25, -0.2) is 0 Å². The van der Waals surface area contributed by atoms with Crippen LogP contribution in [0.1, 0.15) is 27.4 Å². The van der Waals surface area contributed by atoms with Crippen molar-refractivity contribution in [3.05, 3.63) is 114 Å². The normalized spacial score (nSPS) is 11.3. The predicted molar refractivity (Wildman–Crippen MR) is 157 cm³/mol. The molecule has 0 heterocycles. The lowest BCUT2D eigenvalue weighted by Gasteiger charge is -2.19. The molecule has 39 heavy (non-hydrogen) atoms. The van der Waals surface area contributed by atoms with Crippen molar-refractivity contribution in [1.29, 1.82) is 0 Å². The standard InChI is InChI=1S/C32H34N4O3/c1-22-5-3-7-26(19-22)31(37)36-21-30(24-11-9-23(10-12-24)25-6-4-8-27(33)20-25)32(38)35-18-17-34-28-13-15-29(39-2)16-14-28/h3-16,19-20,30,34H,17-18,21,33H2,1-2H3,(H,35,38)(H,36,37). The molecule has 4 aromatic rings. The Balaban J connectivity index is 1.43. The quantitative estimate of drug-likeness (QED) is 0.164. The highest BCUT2D eigenvalue weighted by Gasteiger charge is 2.22. The topological polar surface area (TPSA) is 105 Å². The van der Waals surface area contributed by atoms with Gasteiger partial charge in [0.2, 0.25) is 5.91 Å². The molecule has 1 atom stereocenters. The Labute approximate surface area is 229 Å². The van der Waals surface area contributed by atoms with Gasteiger partial charge in [0.15, 0.2) is 0 Å². The number of anilines is 2. The number of amides is 2. The second-order valence-electron chi connectivity index (χ2n) is 9.33. The Morgan fingerprint density at radius 2 is 1.56 bits per heavy atom. The molecule has 0 spiro atoms. The number of nitrogens with one attached hydrogen (secondary N) is 3. The molecule has 0 bridgehead atoms. The molecule has 0 aliphatic carbocycles. The molecule has 0 aliphatic heterocycles. The number of ether oxygens (including phenoxy) is 1. The van der Waals surface area contributed by atoms with E-state index in [0.29, 0.717) is 24.3 Å². The number of methoxy groups -OCH3 is 1. The minimum Gasteiger partial charge on any atom is -0.497 e. The monoisotopic (exact) mass is 522 g/mol. The van der Waals surface area contributed by atoms with Gasteiger partial charge in [-0.05, 0) is 72.1 Å². The zero-order valence-electron chi connectivity index (χ0n) is 22.2. The Bertz CT molecular complexity index is 1400. The van der Waals surface area contributed by atoms with E-state index in [9.17, 15) is 9.59 Å². The summed E-state index contributed by atoms with van der Waals surface area (Å²) in [6.07, 6.45) is 0. The van der Waals surface area contributed by atoms with Gasteiger partial charge in [0.1, 0.15) is 5.75 Å². The average molecular weight is 523 g/mol. The van der Waals surface area contributed by atoms with Crippen LogP contribution in [0.4, 0.5) is 11.4 Å². The molecular weight excluding hydrogens is 488 g/mol. The summed E-state index contributed by atoms with van der Waals surface area (Å²) in [7, 11) is 1.63. The van der Waals surface area contributed by atoms with Gasteiger partial charge in [-0.2, -0.15) is 0 Å². The van der Waals surface area contributed by atoms with E-state index in [1.807, 2.05) is 97.9 Å². The fourth-order valence-electron chi connectivity index (χ4n) is 4.30. The number of benzene rings is 4. The third-order valence-electron chi connectivity index (χ3n) is 6.44. The van der Waals surface area contributed by atoms with E-state index in [1.54, 1.807) is 13.2 Å². The van der Waals surface area contributed by atoms with Gasteiger partial charge in [0, 0.05) is 36.6 Å². The van der Waals surface area contributed by atoms with Crippen LogP contribution in [0.15, 0.2) is 97.1 Å². The summed E-state index contributed by atoms with van der Waals surface area (Å²) >= 11 is 0. The molecule has 1 unspecified atom stereocenters. The molecule has 4 aromatic carbocycles. The summed E-state index contributed by atoms with van der Waals surface area (Å²) in [6, 6.07) is 30.4. The van der Waals surface area contributed by atoms with E-state index < -0.39 is 5.92 Å². The van der Waals surface area contributed by atoms with Gasteiger partial charge in [-0.15, -0.1) is 0 Å². The van der Waals surface area contributed by atoms with Crippen LogP contribution in [-0.2, 0) is 4.79 Å². The Hall–Kier alpha value is -4.78. The van der Waals surface area contributed by atoms with Crippen LogP contribution in [0.2, 0.25) is 0 Å². The number of nitrogen functional groups attached to an aromatic ring is 1. The lowest BCUT2D eigenvalue weighted by molar-refractivity contribution is -0.122. The SMILES string of the molecule is COc1ccc(NCCNC(=O)C(CNC(=O)c2cccc(C)c2)c2ccc(-c3cccc(N)c3)cc2)cc1. The smallest absolute Gasteiger partial charge is 0.251 e. The minimum absolute atomic E-state index is 0.159. The number of nitrogens with two attached hydrogens (primary N) is 1. The van der Waals surface area contributed by atoms with Crippen molar-refractivity contribution in [2.45, 2.75) is 12.8 Å². The zero-order valence-corrected chi connectivity index (χ0v) is 22.2. The first-order valence-corrected chi connectivity index (χ1v) is 12.9. The molecule has 0 fully saturated rings. The summed E-state index contributed by atoms with van der Waals surface area (Å²) in [5.41, 5.74) is 11.9. The highest BCUT2D eigenvalue weighted by Crippen LogP contribution is 2.25. The largest absolute Gasteiger partial charge is 0.497 e. The van der Waals surface area contributed by atoms with E-state index in [4.69, 9.17) is 10.5 Å². The van der Waals surface area contributed by atoms with Crippen molar-refractivity contribution < 1.29 is 14.3 Å². The van der Waals surface area contributed by atoms with E-state index in [2.05, 4.69) is 16.0 Å². The van der Waals surface area contributed by atoms with Gasteiger partial charge < -0.3 is 26.4 Å². The third-order valence-corrected chi connectivity index (χ3v) is 6.44. The molecule has 4 rings (SSSR count). The van der Waals surface area contributed by atoms with E-state index in [1.165, 1.54) is 0 Å². The van der Waals surface area contributed by atoms with Crippen LogP contribution in [0.3, 0.4) is 0 Å². The van der Waals surface area contributed by atoms with Gasteiger partial charge in [-0.1, -0.05) is 54.1 Å². The number of hydrogen-bond donors (Lipinski definition) is 4. The highest BCUT2D eigenvalue weighted by molar-refractivity contribution is 5.95. The van der Waals surface area contributed by atoms with Gasteiger partial charge in [0.25, 0.3) is 5.91 Å². The summed E-state index contributed by atoms with van der Waals surface area (Å²) in [6.45, 7) is 3.08. The van der Waals surface area contributed by atoms with Crippen LogP contribution in [-0.4, -0.2) is 38.6 Å². The first-order valence-electron chi connectivity index (χ1n) is 12.9. The number of carbonyl (C=O) groups excluding carboxylic acids is 2. The first-order chi connectivity index (χ1) is 18.9. The average Bonchev–Trinajstić information content (AvgIpc) is 2.96. The molecule has 7 heteroatoms. The van der Waals surface area contributed by atoms with Gasteiger partial charge in [0.05, 0.1) is 13.0 Å². The minimum atomic E-state index is -0.561. The molecule has 0 saturated carbocycles. The predicted octanol–water partition coefficient (Wildman–Crippen LogP) is 4.99. The highest BCUT2D eigenvalue weighted by atomic mass is 16.5. The van der Waals surface area contributed by atoms with Crippen molar-refractivity contribution in [2.75, 3.05) is 37.8 Å². The molecule has 0 saturated heterocycles. The lowest BCUT2D eigenvalue weighted by Crippen LogP contribution is -2.39. The van der Waals surface area contributed by atoms with Crippen molar-refractivity contribution >= 4 is 23.2 Å². The maximum absolute atomic E-state index is 13.3. The second-order valence-corrected chi connectivity index (χ2v) is 9.33. The van der Waals surface area contributed by atoms with Crippen molar-refractivity contribution in [2.24, 2.45) is 0 Å². The van der Waals surface area contributed by atoms with E-state index in [-0.39, 0.29) is 18.4 Å². The number of rotatable bonds is 11. The summed E-state index contributed by atoms with van der Waals surface area (Å²) in [4.78, 5) is 26.1. The molecule has 5 N–H and O–H groups in total. The Morgan fingerprint density at radius 1 is 0.821 bits per heavy atom. The zero-order chi connectivity index (χ0) is 27.6. The molecule has 0 radical (unpaired) electrons. The Morgan fingerprint density at radius 3 is 2.26 bits per heavy atom. The van der Waals surface area contributed by atoms with Crippen molar-refractivity contribution in [1.82, 2.24) is 10.6 Å². The van der Waals surface area contributed by atoms with Crippen molar-refractivity contribution in [3.8, 4) is 16.9 Å². The van der Waals surface area contributed by atoms with Crippen LogP contribution >= 0.6 is 0 Å². The maximum Gasteiger partial charge on any atom is 0.251 e.